The number of carbonyl (C=O) groups excluding carboxylic acids is 2. The maximum atomic E-state index is 12.5. The van der Waals surface area contributed by atoms with Crippen molar-refractivity contribution in [2.75, 3.05) is 18.6 Å². The van der Waals surface area contributed by atoms with Gasteiger partial charge in [0.15, 0.2) is 11.5 Å². The van der Waals surface area contributed by atoms with Gasteiger partial charge < -0.3 is 14.4 Å². The molecule has 0 saturated carbocycles. The van der Waals surface area contributed by atoms with Gasteiger partial charge in [-0.3, -0.25) is 9.59 Å². The first-order valence-electron chi connectivity index (χ1n) is 10.7. The van der Waals surface area contributed by atoms with Crippen molar-refractivity contribution in [3.63, 3.8) is 0 Å². The van der Waals surface area contributed by atoms with E-state index in [1.807, 2.05) is 66.7 Å². The van der Waals surface area contributed by atoms with E-state index in [1.165, 1.54) is 6.21 Å². The van der Waals surface area contributed by atoms with E-state index in [0.29, 0.717) is 24.7 Å². The summed E-state index contributed by atoms with van der Waals surface area (Å²) in [6, 6.07) is 24.6. The van der Waals surface area contributed by atoms with Gasteiger partial charge in [0.25, 0.3) is 0 Å². The lowest BCUT2D eigenvalue weighted by Crippen LogP contribution is -2.30. The van der Waals surface area contributed by atoms with Crippen LogP contribution >= 0.6 is 0 Å². The molecule has 1 heterocycles. The van der Waals surface area contributed by atoms with Gasteiger partial charge in [-0.2, -0.15) is 5.10 Å². The Morgan fingerprint density at radius 3 is 2.52 bits per heavy atom. The second kappa shape index (κ2) is 10.5. The summed E-state index contributed by atoms with van der Waals surface area (Å²) >= 11 is 0. The van der Waals surface area contributed by atoms with E-state index >= 15 is 0 Å². The molecule has 1 aliphatic rings. The van der Waals surface area contributed by atoms with Crippen LogP contribution in [0.3, 0.4) is 0 Å². The number of hydrogen-bond acceptors (Lipinski definition) is 5. The molecule has 3 aromatic carbocycles. The second-order valence-corrected chi connectivity index (χ2v) is 7.66. The first-order valence-corrected chi connectivity index (χ1v) is 10.7. The van der Waals surface area contributed by atoms with Gasteiger partial charge in [-0.05, 0) is 41.5 Å². The second-order valence-electron chi connectivity index (χ2n) is 7.66. The largest absolute Gasteiger partial charge is 0.493 e. The highest BCUT2D eigenvalue weighted by molar-refractivity contribution is 6.00. The predicted molar refractivity (Wildman–Crippen MR) is 126 cm³/mol. The van der Waals surface area contributed by atoms with Gasteiger partial charge in [0, 0.05) is 18.7 Å². The summed E-state index contributed by atoms with van der Waals surface area (Å²) in [6.07, 6.45) is 1.70. The molecule has 7 nitrogen and oxygen atoms in total. The number of rotatable bonds is 8. The minimum atomic E-state index is -0.446. The molecule has 7 heteroatoms. The first-order chi connectivity index (χ1) is 16.1. The zero-order valence-corrected chi connectivity index (χ0v) is 18.3. The number of nitrogens with one attached hydrogen (secondary N) is 1. The number of para-hydroxylation sites is 1. The Morgan fingerprint density at radius 2 is 1.79 bits per heavy atom. The van der Waals surface area contributed by atoms with E-state index in [2.05, 4.69) is 10.5 Å². The summed E-state index contributed by atoms with van der Waals surface area (Å²) in [4.78, 5) is 26.5. The number of anilines is 1. The van der Waals surface area contributed by atoms with Crippen molar-refractivity contribution in [1.82, 2.24) is 5.43 Å². The standard InChI is InChI=1S/C26H25N3O4/c1-32-24-14-20(12-13-23(24)33-18-19-8-4-2-5-9-19)16-27-28-26(31)21-15-25(30)29(17-21)22-10-6-3-7-11-22/h2-14,16,21H,15,17-18H2,1H3,(H,28,31)/b27-16-/t21-/m0/s1. The summed E-state index contributed by atoms with van der Waals surface area (Å²) in [5, 5.41) is 4.06. The maximum Gasteiger partial charge on any atom is 0.245 e. The molecule has 1 N–H and O–H groups in total. The fourth-order valence-corrected chi connectivity index (χ4v) is 3.62. The summed E-state index contributed by atoms with van der Waals surface area (Å²) in [7, 11) is 1.57. The predicted octanol–water partition coefficient (Wildman–Crippen LogP) is 3.78. The van der Waals surface area contributed by atoms with Crippen molar-refractivity contribution >= 4 is 23.7 Å². The molecule has 0 radical (unpaired) electrons. The van der Waals surface area contributed by atoms with Crippen LogP contribution in [0.25, 0.3) is 0 Å². The van der Waals surface area contributed by atoms with Crippen molar-refractivity contribution in [2.45, 2.75) is 13.0 Å². The van der Waals surface area contributed by atoms with Gasteiger partial charge in [-0.25, -0.2) is 5.43 Å². The van der Waals surface area contributed by atoms with Crippen LogP contribution < -0.4 is 19.8 Å². The van der Waals surface area contributed by atoms with Crippen LogP contribution in [0, 0.1) is 5.92 Å². The molecule has 1 atom stereocenters. The molecule has 3 aromatic rings. The quantitative estimate of drug-likeness (QED) is 0.425. The summed E-state index contributed by atoms with van der Waals surface area (Å²) in [5.41, 5.74) is 5.14. The zero-order chi connectivity index (χ0) is 23.0. The number of ether oxygens (including phenoxy) is 2. The Morgan fingerprint density at radius 1 is 1.06 bits per heavy atom. The van der Waals surface area contributed by atoms with Crippen LogP contribution in [0.4, 0.5) is 5.69 Å². The topological polar surface area (TPSA) is 80.2 Å². The average molecular weight is 444 g/mol. The fourth-order valence-electron chi connectivity index (χ4n) is 3.62. The maximum absolute atomic E-state index is 12.5. The molecule has 33 heavy (non-hydrogen) atoms. The lowest BCUT2D eigenvalue weighted by Gasteiger charge is -2.16. The third-order valence-electron chi connectivity index (χ3n) is 5.38. The molecule has 0 spiro atoms. The van der Waals surface area contributed by atoms with Gasteiger partial charge in [0.2, 0.25) is 11.8 Å². The van der Waals surface area contributed by atoms with Crippen molar-refractivity contribution in [1.29, 1.82) is 0 Å². The molecule has 0 bridgehead atoms. The molecule has 0 aliphatic carbocycles. The average Bonchev–Trinajstić information content (AvgIpc) is 3.26. The molecular formula is C26H25N3O4. The van der Waals surface area contributed by atoms with E-state index in [-0.39, 0.29) is 18.2 Å². The normalized spacial score (nSPS) is 15.6. The number of amides is 2. The van der Waals surface area contributed by atoms with Crippen molar-refractivity contribution in [3.05, 3.63) is 90.0 Å². The third kappa shape index (κ3) is 5.57. The van der Waals surface area contributed by atoms with Crippen LogP contribution in [-0.2, 0) is 16.2 Å². The van der Waals surface area contributed by atoms with Crippen LogP contribution in [0.2, 0.25) is 0 Å². The molecule has 1 saturated heterocycles. The minimum Gasteiger partial charge on any atom is -0.493 e. The number of hydrazone groups is 1. The Bertz CT molecular complexity index is 1130. The van der Waals surface area contributed by atoms with Gasteiger partial charge in [-0.15, -0.1) is 0 Å². The number of carbonyl (C=O) groups is 2. The van der Waals surface area contributed by atoms with Gasteiger partial charge in [0.05, 0.1) is 19.2 Å². The fraction of sp³-hybridized carbons (Fsp3) is 0.192. The minimum absolute atomic E-state index is 0.0684. The Kier molecular flexibility index (Phi) is 6.99. The molecule has 1 aliphatic heterocycles. The molecule has 168 valence electrons. The molecule has 0 aromatic heterocycles. The lowest BCUT2D eigenvalue weighted by atomic mass is 10.1. The third-order valence-corrected chi connectivity index (χ3v) is 5.38. The Hall–Kier alpha value is -4.13. The molecular weight excluding hydrogens is 418 g/mol. The first kappa shape index (κ1) is 22.1. The molecule has 0 unspecified atom stereocenters. The number of methoxy groups -OCH3 is 1. The number of hydrogen-bond donors (Lipinski definition) is 1. The molecule has 2 amide bonds. The Balaban J connectivity index is 1.33. The van der Waals surface area contributed by atoms with Gasteiger partial charge in [-0.1, -0.05) is 48.5 Å². The van der Waals surface area contributed by atoms with Gasteiger partial charge >= 0.3 is 0 Å². The zero-order valence-electron chi connectivity index (χ0n) is 18.3. The highest BCUT2D eigenvalue weighted by Crippen LogP contribution is 2.28. The summed E-state index contributed by atoms with van der Waals surface area (Å²) in [6.45, 7) is 0.770. The van der Waals surface area contributed by atoms with E-state index in [4.69, 9.17) is 9.47 Å². The van der Waals surface area contributed by atoms with E-state index in [0.717, 1.165) is 16.8 Å². The van der Waals surface area contributed by atoms with Crippen molar-refractivity contribution in [2.24, 2.45) is 11.0 Å². The highest BCUT2D eigenvalue weighted by atomic mass is 16.5. The highest BCUT2D eigenvalue weighted by Gasteiger charge is 2.35. The smallest absolute Gasteiger partial charge is 0.245 e. The van der Waals surface area contributed by atoms with Crippen LogP contribution in [0.1, 0.15) is 17.5 Å². The van der Waals surface area contributed by atoms with Crippen molar-refractivity contribution in [3.8, 4) is 11.5 Å². The molecule has 4 rings (SSSR count). The summed E-state index contributed by atoms with van der Waals surface area (Å²) < 4.78 is 11.3. The van der Waals surface area contributed by atoms with Crippen LogP contribution in [0.15, 0.2) is 84.0 Å². The van der Waals surface area contributed by atoms with E-state index < -0.39 is 5.92 Å². The van der Waals surface area contributed by atoms with Crippen LogP contribution in [-0.4, -0.2) is 31.7 Å². The van der Waals surface area contributed by atoms with Crippen molar-refractivity contribution < 1.29 is 19.1 Å². The van der Waals surface area contributed by atoms with E-state index in [9.17, 15) is 9.59 Å². The summed E-state index contributed by atoms with van der Waals surface area (Å²) in [5.74, 6) is 0.390. The number of nitrogens with zero attached hydrogens (tertiary/aromatic N) is 2. The lowest BCUT2D eigenvalue weighted by molar-refractivity contribution is -0.126. The molecule has 1 fully saturated rings. The van der Waals surface area contributed by atoms with E-state index in [1.54, 1.807) is 24.1 Å². The monoisotopic (exact) mass is 443 g/mol. The van der Waals surface area contributed by atoms with Gasteiger partial charge in [0.1, 0.15) is 6.61 Å². The Labute approximate surface area is 192 Å². The SMILES string of the molecule is COc1cc(/C=N\NC(=O)[C@H]2CC(=O)N(c3ccccc3)C2)ccc1OCc1ccccc1. The van der Waals surface area contributed by atoms with Crippen LogP contribution in [0.5, 0.6) is 11.5 Å². The number of benzene rings is 3.